The zero-order chi connectivity index (χ0) is 12.3. The number of hydrogen-bond donors (Lipinski definition) is 1. The number of nitrogens with two attached hydrogens (primary N) is 1. The highest BCUT2D eigenvalue weighted by Gasteiger charge is 2.39. The van der Waals surface area contributed by atoms with Gasteiger partial charge in [-0.2, -0.15) is 0 Å². The third-order valence-electron chi connectivity index (χ3n) is 4.10. The van der Waals surface area contributed by atoms with Crippen molar-refractivity contribution < 1.29 is 4.21 Å². The fraction of sp³-hybridized carbons (Fsp3) is 1.00. The average molecular weight is 245 g/mol. The normalized spacial score (nSPS) is 33.3. The highest BCUT2D eigenvalue weighted by molar-refractivity contribution is 7.85. The van der Waals surface area contributed by atoms with Gasteiger partial charge in [-0.25, -0.2) is 0 Å². The van der Waals surface area contributed by atoms with Crippen LogP contribution in [0.15, 0.2) is 0 Å². The Morgan fingerprint density at radius 2 is 2.12 bits per heavy atom. The molecule has 1 aliphatic rings. The smallest absolute Gasteiger partial charge is 0.0504 e. The summed E-state index contributed by atoms with van der Waals surface area (Å²) >= 11 is 0. The molecule has 16 heavy (non-hydrogen) atoms. The van der Waals surface area contributed by atoms with Crippen molar-refractivity contribution in [2.45, 2.75) is 64.7 Å². The van der Waals surface area contributed by atoms with Crippen LogP contribution in [0.2, 0.25) is 0 Å². The first-order valence-electron chi connectivity index (χ1n) is 6.51. The third-order valence-corrected chi connectivity index (χ3v) is 6.20. The van der Waals surface area contributed by atoms with Crippen molar-refractivity contribution in [3.05, 3.63) is 0 Å². The molecule has 3 heteroatoms. The van der Waals surface area contributed by atoms with Gasteiger partial charge in [-0.3, -0.25) is 4.21 Å². The second kappa shape index (κ2) is 5.63. The second-order valence-electron chi connectivity index (χ2n) is 6.01. The van der Waals surface area contributed by atoms with Gasteiger partial charge in [0.05, 0.1) is 5.25 Å². The summed E-state index contributed by atoms with van der Waals surface area (Å²) in [7, 11) is -0.738. The zero-order valence-electron chi connectivity index (χ0n) is 11.2. The van der Waals surface area contributed by atoms with E-state index in [9.17, 15) is 4.21 Å². The molecule has 0 spiro atoms. The van der Waals surface area contributed by atoms with E-state index in [1.807, 2.05) is 0 Å². The highest BCUT2D eigenvalue weighted by Crippen LogP contribution is 2.36. The maximum Gasteiger partial charge on any atom is 0.0504 e. The Morgan fingerprint density at radius 1 is 1.50 bits per heavy atom. The van der Waals surface area contributed by atoms with Crippen molar-refractivity contribution in [2.24, 2.45) is 17.1 Å². The summed E-state index contributed by atoms with van der Waals surface area (Å²) in [6.07, 6.45) is 4.51. The van der Waals surface area contributed by atoms with Crippen LogP contribution in [0, 0.1) is 11.3 Å². The number of rotatable bonds is 4. The first kappa shape index (κ1) is 14.2. The fourth-order valence-corrected chi connectivity index (χ4v) is 4.59. The molecule has 0 aliphatic heterocycles. The molecule has 2 nitrogen and oxygen atoms in total. The van der Waals surface area contributed by atoms with Crippen molar-refractivity contribution in [1.29, 1.82) is 0 Å². The minimum absolute atomic E-state index is 0.103. The molecule has 0 aromatic rings. The molecule has 0 amide bonds. The van der Waals surface area contributed by atoms with Crippen LogP contribution >= 0.6 is 0 Å². The molecule has 1 fully saturated rings. The topological polar surface area (TPSA) is 43.1 Å². The van der Waals surface area contributed by atoms with Crippen molar-refractivity contribution in [3.8, 4) is 0 Å². The lowest BCUT2D eigenvalue weighted by molar-refractivity contribution is 0.206. The van der Waals surface area contributed by atoms with E-state index in [1.165, 1.54) is 12.8 Å². The lowest BCUT2D eigenvalue weighted by Crippen LogP contribution is -2.51. The van der Waals surface area contributed by atoms with Gasteiger partial charge in [0.1, 0.15) is 0 Å². The first-order valence-corrected chi connectivity index (χ1v) is 7.89. The van der Waals surface area contributed by atoms with E-state index >= 15 is 0 Å². The summed E-state index contributed by atoms with van der Waals surface area (Å²) in [5.41, 5.74) is 6.44. The van der Waals surface area contributed by atoms with Crippen molar-refractivity contribution >= 4 is 10.8 Å². The SMILES string of the molecule is CCC(C)CS(=O)C1CCCC(C)(C)C1N. The van der Waals surface area contributed by atoms with Gasteiger partial charge in [0.15, 0.2) is 0 Å². The molecule has 1 aliphatic carbocycles. The molecule has 0 radical (unpaired) electrons. The van der Waals surface area contributed by atoms with E-state index in [-0.39, 0.29) is 16.7 Å². The summed E-state index contributed by atoms with van der Waals surface area (Å²) in [5.74, 6) is 1.38. The van der Waals surface area contributed by atoms with Crippen molar-refractivity contribution in [3.63, 3.8) is 0 Å². The molecule has 0 saturated heterocycles. The molecule has 2 N–H and O–H groups in total. The Balaban J connectivity index is 2.62. The predicted molar refractivity (Wildman–Crippen MR) is 71.9 cm³/mol. The Kier molecular flexibility index (Phi) is 4.99. The van der Waals surface area contributed by atoms with Gasteiger partial charge < -0.3 is 5.73 Å². The minimum atomic E-state index is -0.738. The monoisotopic (exact) mass is 245 g/mol. The Morgan fingerprint density at radius 3 is 2.69 bits per heavy atom. The third kappa shape index (κ3) is 3.30. The minimum Gasteiger partial charge on any atom is -0.326 e. The standard InChI is InChI=1S/C13H27NOS/c1-5-10(2)9-16(15)11-7-6-8-13(3,4)12(11)14/h10-12H,5-9,14H2,1-4H3. The second-order valence-corrected chi connectivity index (χ2v) is 7.71. The van der Waals surface area contributed by atoms with Crippen LogP contribution in [-0.2, 0) is 10.8 Å². The van der Waals surface area contributed by atoms with Crippen LogP contribution in [0.4, 0.5) is 0 Å². The van der Waals surface area contributed by atoms with Gasteiger partial charge in [-0.05, 0) is 24.2 Å². The first-order chi connectivity index (χ1) is 7.38. The summed E-state index contributed by atoms with van der Waals surface area (Å²) in [6, 6.07) is 0.103. The average Bonchev–Trinajstić information content (AvgIpc) is 2.21. The molecule has 0 heterocycles. The summed E-state index contributed by atoms with van der Waals surface area (Å²) < 4.78 is 12.3. The van der Waals surface area contributed by atoms with Crippen LogP contribution in [0.3, 0.4) is 0 Å². The largest absolute Gasteiger partial charge is 0.326 e. The molecule has 1 saturated carbocycles. The van der Waals surface area contributed by atoms with Crippen molar-refractivity contribution in [1.82, 2.24) is 0 Å². The van der Waals surface area contributed by atoms with Gasteiger partial charge in [-0.15, -0.1) is 0 Å². The van der Waals surface area contributed by atoms with Crippen molar-refractivity contribution in [2.75, 3.05) is 5.75 Å². The van der Waals surface area contributed by atoms with Gasteiger partial charge in [0.25, 0.3) is 0 Å². The van der Waals surface area contributed by atoms with Gasteiger partial charge >= 0.3 is 0 Å². The molecule has 1 rings (SSSR count). The van der Waals surface area contributed by atoms with Gasteiger partial charge in [-0.1, -0.05) is 40.5 Å². The molecular weight excluding hydrogens is 218 g/mol. The van der Waals surface area contributed by atoms with Gasteiger partial charge in [0.2, 0.25) is 0 Å². The van der Waals surface area contributed by atoms with Crippen LogP contribution in [0.5, 0.6) is 0 Å². The lowest BCUT2D eigenvalue weighted by Gasteiger charge is -2.41. The molecule has 96 valence electrons. The molecule has 0 aromatic carbocycles. The molecule has 4 unspecified atom stereocenters. The maximum absolute atomic E-state index is 12.3. The summed E-state index contributed by atoms with van der Waals surface area (Å²) in [6.45, 7) is 8.76. The Bertz CT molecular complexity index is 252. The van der Waals surface area contributed by atoms with E-state index in [0.29, 0.717) is 5.92 Å². The molecule has 0 aromatic heterocycles. The van der Waals surface area contributed by atoms with E-state index in [2.05, 4.69) is 27.7 Å². The fourth-order valence-electron chi connectivity index (χ4n) is 2.43. The van der Waals surface area contributed by atoms with Crippen LogP contribution in [0.25, 0.3) is 0 Å². The van der Waals surface area contributed by atoms with E-state index in [0.717, 1.165) is 18.6 Å². The zero-order valence-corrected chi connectivity index (χ0v) is 12.0. The Labute approximate surface area is 103 Å². The van der Waals surface area contributed by atoms with Gasteiger partial charge in [0, 0.05) is 22.6 Å². The molecule has 0 bridgehead atoms. The van der Waals surface area contributed by atoms with Crippen LogP contribution in [-0.4, -0.2) is 21.3 Å². The molecular formula is C13H27NOS. The number of hydrogen-bond acceptors (Lipinski definition) is 2. The van der Waals surface area contributed by atoms with Crippen LogP contribution < -0.4 is 5.73 Å². The summed E-state index contributed by atoms with van der Waals surface area (Å²) in [5, 5.41) is 0.220. The molecule has 4 atom stereocenters. The Hall–Kier alpha value is 0.110. The lowest BCUT2D eigenvalue weighted by atomic mass is 9.73. The quantitative estimate of drug-likeness (QED) is 0.827. The van der Waals surface area contributed by atoms with E-state index in [4.69, 9.17) is 5.73 Å². The van der Waals surface area contributed by atoms with E-state index < -0.39 is 10.8 Å². The predicted octanol–water partition coefficient (Wildman–Crippen LogP) is 2.69. The highest BCUT2D eigenvalue weighted by atomic mass is 32.2. The summed E-state index contributed by atoms with van der Waals surface area (Å²) in [4.78, 5) is 0. The maximum atomic E-state index is 12.3. The van der Waals surface area contributed by atoms with E-state index in [1.54, 1.807) is 0 Å². The van der Waals surface area contributed by atoms with Crippen LogP contribution in [0.1, 0.15) is 53.4 Å².